The first kappa shape index (κ1) is 14.5. The van der Waals surface area contributed by atoms with Gasteiger partial charge in [-0.1, -0.05) is 42.0 Å². The maximum atomic E-state index is 11.3. The topological polar surface area (TPSA) is 91.3 Å². The molecule has 0 fully saturated rings. The highest BCUT2D eigenvalue weighted by Gasteiger charge is 1.96. The number of hydrogen-bond acceptors (Lipinski definition) is 3. The number of rotatable bonds is 3. The lowest BCUT2D eigenvalue weighted by Gasteiger charge is -1.96. The van der Waals surface area contributed by atoms with Crippen LogP contribution in [0.5, 0.6) is 0 Å². The second-order valence-electron chi connectivity index (χ2n) is 3.36. The molecule has 0 saturated carbocycles. The smallest absolute Gasteiger partial charge is 0.250 e. The Morgan fingerprint density at radius 3 is 2.68 bits per heavy atom. The zero-order chi connectivity index (χ0) is 14.1. The van der Waals surface area contributed by atoms with Crippen molar-refractivity contribution < 1.29 is 4.79 Å². The molecule has 1 aromatic rings. The number of aliphatic imine (C=N–C) groups is 1. The highest BCUT2D eigenvalue weighted by atomic mass is 35.5. The summed E-state index contributed by atoms with van der Waals surface area (Å²) in [5, 5.41) is 11.1. The van der Waals surface area contributed by atoms with Crippen LogP contribution in [0.15, 0.2) is 47.5 Å². The Labute approximate surface area is 115 Å². The Morgan fingerprint density at radius 1 is 1.37 bits per heavy atom. The summed E-state index contributed by atoms with van der Waals surface area (Å²) < 4.78 is 0. The molecule has 19 heavy (non-hydrogen) atoms. The largest absolute Gasteiger partial charge is 0.369 e. The average molecular weight is 275 g/mol. The Kier molecular flexibility index (Phi) is 5.86. The van der Waals surface area contributed by atoms with Crippen LogP contribution in [0.4, 0.5) is 0 Å². The molecule has 0 aliphatic heterocycles. The zero-order valence-electron chi connectivity index (χ0n) is 9.88. The van der Waals surface area contributed by atoms with Gasteiger partial charge in [-0.3, -0.25) is 10.1 Å². The lowest BCUT2D eigenvalue weighted by molar-refractivity contribution is -0.115. The van der Waals surface area contributed by atoms with Crippen LogP contribution in [0.1, 0.15) is 5.56 Å². The summed E-state index contributed by atoms with van der Waals surface area (Å²) >= 11 is 5.75. The number of carbonyl (C=O) groups is 1. The van der Waals surface area contributed by atoms with Crippen LogP contribution in [0.2, 0.25) is 5.02 Å². The van der Waals surface area contributed by atoms with Gasteiger partial charge >= 0.3 is 0 Å². The van der Waals surface area contributed by atoms with E-state index in [2.05, 4.69) is 10.3 Å². The van der Waals surface area contributed by atoms with Crippen molar-refractivity contribution in [3.63, 3.8) is 0 Å². The molecular formula is C13H11ClN4O. The van der Waals surface area contributed by atoms with Gasteiger partial charge in [0.25, 0.3) is 5.91 Å². The summed E-state index contributed by atoms with van der Waals surface area (Å²) in [5.74, 6) is -0.698. The predicted molar refractivity (Wildman–Crippen MR) is 75.0 cm³/mol. The lowest BCUT2D eigenvalue weighted by Crippen LogP contribution is -2.35. The number of nitrogens with zero attached hydrogens (tertiary/aromatic N) is 2. The van der Waals surface area contributed by atoms with E-state index in [1.165, 1.54) is 12.3 Å². The van der Waals surface area contributed by atoms with E-state index in [0.29, 0.717) is 5.02 Å². The van der Waals surface area contributed by atoms with Crippen LogP contribution < -0.4 is 11.1 Å². The lowest BCUT2D eigenvalue weighted by atomic mass is 10.2. The number of amides is 1. The molecule has 0 atom stereocenters. The first-order valence-corrected chi connectivity index (χ1v) is 5.63. The van der Waals surface area contributed by atoms with Gasteiger partial charge in [-0.05, 0) is 17.7 Å². The number of halogens is 1. The van der Waals surface area contributed by atoms with Crippen molar-refractivity contribution in [1.29, 1.82) is 5.26 Å². The maximum absolute atomic E-state index is 11.3. The summed E-state index contributed by atoms with van der Waals surface area (Å²) in [6.07, 6.45) is 7.79. The number of allylic oxidation sites excluding steroid dienone is 2. The monoisotopic (exact) mass is 274 g/mol. The Morgan fingerprint density at radius 2 is 2.05 bits per heavy atom. The fraction of sp³-hybridized carbons (Fsp3) is 0. The second kappa shape index (κ2) is 7.69. The van der Waals surface area contributed by atoms with E-state index in [9.17, 15) is 4.79 Å². The first-order chi connectivity index (χ1) is 9.11. The number of nitrogens with two attached hydrogens (primary N) is 1. The van der Waals surface area contributed by atoms with Gasteiger partial charge in [0.1, 0.15) is 0 Å². The van der Waals surface area contributed by atoms with E-state index in [1.54, 1.807) is 24.3 Å². The van der Waals surface area contributed by atoms with Crippen molar-refractivity contribution in [1.82, 2.24) is 5.32 Å². The molecule has 0 aromatic heterocycles. The molecular weight excluding hydrogens is 264 g/mol. The summed E-state index contributed by atoms with van der Waals surface area (Å²) in [5.41, 5.74) is 6.18. The second-order valence-corrected chi connectivity index (χ2v) is 3.79. The highest BCUT2D eigenvalue weighted by Crippen LogP contribution is 2.10. The SMILES string of the molecule is N#CN=C(N)NC(=O)/C=C/C=C/c1ccc(Cl)cc1. The van der Waals surface area contributed by atoms with E-state index in [-0.39, 0.29) is 5.96 Å². The van der Waals surface area contributed by atoms with Crippen LogP contribution in [0, 0.1) is 11.5 Å². The number of benzene rings is 1. The number of carbonyl (C=O) groups excluding carboxylic acids is 1. The van der Waals surface area contributed by atoms with E-state index in [0.717, 1.165) is 5.56 Å². The van der Waals surface area contributed by atoms with Crippen LogP contribution >= 0.6 is 11.6 Å². The molecule has 1 aromatic carbocycles. The van der Waals surface area contributed by atoms with Crippen molar-refractivity contribution in [2.45, 2.75) is 0 Å². The Balaban J connectivity index is 2.50. The van der Waals surface area contributed by atoms with E-state index in [1.807, 2.05) is 18.2 Å². The minimum Gasteiger partial charge on any atom is -0.369 e. The molecule has 96 valence electrons. The molecule has 0 aliphatic rings. The first-order valence-electron chi connectivity index (χ1n) is 5.25. The fourth-order valence-electron chi connectivity index (χ4n) is 1.13. The van der Waals surface area contributed by atoms with Gasteiger partial charge in [0.15, 0.2) is 0 Å². The molecule has 0 heterocycles. The molecule has 3 N–H and O–H groups in total. The van der Waals surface area contributed by atoms with Crippen molar-refractivity contribution >= 4 is 29.5 Å². The van der Waals surface area contributed by atoms with Crippen molar-refractivity contribution in [2.75, 3.05) is 0 Å². The molecule has 0 bridgehead atoms. The number of nitriles is 1. The number of hydrogen-bond donors (Lipinski definition) is 2. The molecule has 5 nitrogen and oxygen atoms in total. The highest BCUT2D eigenvalue weighted by molar-refractivity contribution is 6.30. The normalized spacial score (nSPS) is 11.7. The fourth-order valence-corrected chi connectivity index (χ4v) is 1.26. The summed E-state index contributed by atoms with van der Waals surface area (Å²) in [7, 11) is 0. The molecule has 1 amide bonds. The molecule has 1 rings (SSSR count). The predicted octanol–water partition coefficient (Wildman–Crippen LogP) is 1.82. The molecule has 0 saturated heterocycles. The van der Waals surface area contributed by atoms with Crippen molar-refractivity contribution in [3.05, 3.63) is 53.1 Å². The van der Waals surface area contributed by atoms with E-state index in [4.69, 9.17) is 22.6 Å². The Hall–Kier alpha value is -2.58. The van der Waals surface area contributed by atoms with Gasteiger partial charge in [-0.25, -0.2) is 0 Å². The van der Waals surface area contributed by atoms with Gasteiger partial charge in [0.2, 0.25) is 12.2 Å². The van der Waals surface area contributed by atoms with Gasteiger partial charge in [0.05, 0.1) is 0 Å². The van der Waals surface area contributed by atoms with Gasteiger partial charge < -0.3 is 5.73 Å². The van der Waals surface area contributed by atoms with Crippen LogP contribution in [-0.2, 0) is 4.79 Å². The summed E-state index contributed by atoms with van der Waals surface area (Å²) in [6, 6.07) is 7.25. The third-order valence-electron chi connectivity index (χ3n) is 1.94. The standard InChI is InChI=1S/C13H11ClN4O/c14-11-7-5-10(6-8-11)3-1-2-4-12(19)18-13(16)17-9-15/h1-8H,(H3,16,17,18,19)/b3-1+,4-2+. The quantitative estimate of drug-likeness (QED) is 0.290. The van der Waals surface area contributed by atoms with Crippen molar-refractivity contribution in [3.8, 4) is 6.19 Å². The molecule has 0 unspecified atom stereocenters. The van der Waals surface area contributed by atoms with Gasteiger partial charge in [-0.2, -0.15) is 5.26 Å². The van der Waals surface area contributed by atoms with Crippen LogP contribution in [0.3, 0.4) is 0 Å². The molecule has 0 spiro atoms. The number of nitrogens with one attached hydrogen (secondary N) is 1. The third-order valence-corrected chi connectivity index (χ3v) is 2.19. The average Bonchev–Trinajstić information content (AvgIpc) is 2.37. The van der Waals surface area contributed by atoms with Crippen LogP contribution in [-0.4, -0.2) is 11.9 Å². The van der Waals surface area contributed by atoms with E-state index < -0.39 is 5.91 Å². The van der Waals surface area contributed by atoms with Gasteiger partial charge in [0, 0.05) is 11.1 Å². The maximum Gasteiger partial charge on any atom is 0.250 e. The minimum absolute atomic E-state index is 0.237. The van der Waals surface area contributed by atoms with Crippen LogP contribution in [0.25, 0.3) is 6.08 Å². The third kappa shape index (κ3) is 6.05. The van der Waals surface area contributed by atoms with E-state index >= 15 is 0 Å². The summed E-state index contributed by atoms with van der Waals surface area (Å²) in [4.78, 5) is 14.4. The van der Waals surface area contributed by atoms with Gasteiger partial charge in [-0.15, -0.1) is 4.99 Å². The Bertz CT molecular complexity index is 567. The molecule has 6 heteroatoms. The number of guanidine groups is 1. The molecule has 0 radical (unpaired) electrons. The van der Waals surface area contributed by atoms with Crippen molar-refractivity contribution in [2.24, 2.45) is 10.7 Å². The molecule has 0 aliphatic carbocycles. The zero-order valence-corrected chi connectivity index (χ0v) is 10.6. The summed E-state index contributed by atoms with van der Waals surface area (Å²) in [6.45, 7) is 0. The minimum atomic E-state index is -0.461.